The number of benzene rings is 1. The molecule has 1 heterocycles. The molecule has 1 atom stereocenters. The van der Waals surface area contributed by atoms with Gasteiger partial charge < -0.3 is 5.32 Å². The van der Waals surface area contributed by atoms with Gasteiger partial charge in [0.15, 0.2) is 0 Å². The van der Waals surface area contributed by atoms with Crippen molar-refractivity contribution in [1.29, 1.82) is 0 Å². The third kappa shape index (κ3) is 4.23. The molecule has 0 aliphatic carbocycles. The van der Waals surface area contributed by atoms with E-state index >= 15 is 0 Å². The van der Waals surface area contributed by atoms with Crippen molar-refractivity contribution in [3.8, 4) is 0 Å². The highest BCUT2D eigenvalue weighted by Gasteiger charge is 2.05. The highest BCUT2D eigenvalue weighted by Crippen LogP contribution is 2.26. The van der Waals surface area contributed by atoms with Gasteiger partial charge in [-0.1, -0.05) is 36.7 Å². The van der Waals surface area contributed by atoms with Crippen LogP contribution in [0.5, 0.6) is 0 Å². The fourth-order valence-corrected chi connectivity index (χ4v) is 3.07. The number of pyridine rings is 1. The monoisotopic (exact) mass is 306 g/mol. The second-order valence-electron chi connectivity index (χ2n) is 4.58. The number of rotatable bonds is 6. The second kappa shape index (κ2) is 7.67. The van der Waals surface area contributed by atoms with Gasteiger partial charge in [-0.15, -0.1) is 11.8 Å². The standard InChI is InChI=1S/C16H19ClN2S/c1-3-18-12(2)16-9-8-14(10-19-16)20-11-13-6-4-5-7-15(13)17/h4-10,12,18H,3,11H2,1-2H3. The molecule has 1 N–H and O–H groups in total. The van der Waals surface area contributed by atoms with Crippen LogP contribution in [-0.4, -0.2) is 11.5 Å². The van der Waals surface area contributed by atoms with E-state index in [9.17, 15) is 0 Å². The second-order valence-corrected chi connectivity index (χ2v) is 6.03. The number of aromatic nitrogens is 1. The third-order valence-corrected chi connectivity index (χ3v) is 4.46. The first-order valence-electron chi connectivity index (χ1n) is 6.76. The Bertz CT molecular complexity index is 542. The maximum absolute atomic E-state index is 6.15. The molecule has 0 radical (unpaired) electrons. The van der Waals surface area contributed by atoms with Crippen LogP contribution < -0.4 is 5.32 Å². The smallest absolute Gasteiger partial charge is 0.0571 e. The molecule has 0 aliphatic rings. The molecule has 2 aromatic rings. The van der Waals surface area contributed by atoms with Gasteiger partial charge >= 0.3 is 0 Å². The van der Waals surface area contributed by atoms with E-state index in [2.05, 4.69) is 42.3 Å². The summed E-state index contributed by atoms with van der Waals surface area (Å²) in [6.07, 6.45) is 1.94. The van der Waals surface area contributed by atoms with Crippen LogP contribution in [-0.2, 0) is 5.75 Å². The Labute approximate surface area is 130 Å². The molecular formula is C16H19ClN2S. The van der Waals surface area contributed by atoms with Crippen molar-refractivity contribution in [3.05, 3.63) is 58.9 Å². The van der Waals surface area contributed by atoms with Crippen molar-refractivity contribution in [2.75, 3.05) is 6.54 Å². The van der Waals surface area contributed by atoms with E-state index in [-0.39, 0.29) is 0 Å². The van der Waals surface area contributed by atoms with Gasteiger partial charge in [0.2, 0.25) is 0 Å². The van der Waals surface area contributed by atoms with Gasteiger partial charge in [-0.25, -0.2) is 0 Å². The van der Waals surface area contributed by atoms with Crippen LogP contribution in [0.4, 0.5) is 0 Å². The topological polar surface area (TPSA) is 24.9 Å². The lowest BCUT2D eigenvalue weighted by Crippen LogP contribution is -2.18. The molecule has 1 aromatic carbocycles. The van der Waals surface area contributed by atoms with Crippen LogP contribution in [0.1, 0.15) is 31.1 Å². The fraction of sp³-hybridized carbons (Fsp3) is 0.312. The first kappa shape index (κ1) is 15.4. The van der Waals surface area contributed by atoms with Gasteiger partial charge in [0.1, 0.15) is 0 Å². The third-order valence-electron chi connectivity index (χ3n) is 3.07. The van der Waals surface area contributed by atoms with Crippen LogP contribution >= 0.6 is 23.4 Å². The first-order valence-corrected chi connectivity index (χ1v) is 8.12. The molecule has 20 heavy (non-hydrogen) atoms. The van der Waals surface area contributed by atoms with Crippen LogP contribution in [0, 0.1) is 0 Å². The summed E-state index contributed by atoms with van der Waals surface area (Å²) in [6.45, 7) is 5.18. The lowest BCUT2D eigenvalue weighted by Gasteiger charge is -2.12. The van der Waals surface area contributed by atoms with E-state index in [1.165, 1.54) is 0 Å². The molecule has 0 saturated heterocycles. The van der Waals surface area contributed by atoms with Crippen LogP contribution in [0.15, 0.2) is 47.5 Å². The Morgan fingerprint density at radius 3 is 2.70 bits per heavy atom. The number of thioether (sulfide) groups is 1. The van der Waals surface area contributed by atoms with Gasteiger partial charge in [0.25, 0.3) is 0 Å². The van der Waals surface area contributed by atoms with Gasteiger partial charge in [-0.3, -0.25) is 4.98 Å². The molecule has 1 unspecified atom stereocenters. The van der Waals surface area contributed by atoms with Crippen molar-refractivity contribution in [3.63, 3.8) is 0 Å². The quantitative estimate of drug-likeness (QED) is 0.783. The van der Waals surface area contributed by atoms with Crippen LogP contribution in [0.3, 0.4) is 0 Å². The molecular weight excluding hydrogens is 288 g/mol. The number of nitrogens with zero attached hydrogens (tertiary/aromatic N) is 1. The molecule has 4 heteroatoms. The fourth-order valence-electron chi connectivity index (χ4n) is 1.92. The maximum atomic E-state index is 6.15. The molecule has 0 amide bonds. The van der Waals surface area contributed by atoms with Crippen LogP contribution in [0.25, 0.3) is 0 Å². The van der Waals surface area contributed by atoms with Crippen molar-refractivity contribution >= 4 is 23.4 Å². The lowest BCUT2D eigenvalue weighted by molar-refractivity contribution is 0.582. The normalized spacial score (nSPS) is 12.3. The Kier molecular flexibility index (Phi) is 5.89. The molecule has 106 valence electrons. The molecule has 0 fully saturated rings. The predicted octanol–water partition coefficient (Wildman–Crippen LogP) is 4.70. The van der Waals surface area contributed by atoms with Crippen LogP contribution in [0.2, 0.25) is 5.02 Å². The van der Waals surface area contributed by atoms with Gasteiger partial charge in [0, 0.05) is 27.9 Å². The average molecular weight is 307 g/mol. The molecule has 2 nitrogen and oxygen atoms in total. The number of halogens is 1. The highest BCUT2D eigenvalue weighted by molar-refractivity contribution is 7.98. The summed E-state index contributed by atoms with van der Waals surface area (Å²) in [5, 5.41) is 4.18. The summed E-state index contributed by atoms with van der Waals surface area (Å²) in [5.74, 6) is 0.865. The molecule has 1 aromatic heterocycles. The zero-order chi connectivity index (χ0) is 14.4. The van der Waals surface area contributed by atoms with Crippen molar-refractivity contribution in [1.82, 2.24) is 10.3 Å². The van der Waals surface area contributed by atoms with E-state index in [1.54, 1.807) is 11.8 Å². The van der Waals surface area contributed by atoms with Gasteiger partial charge in [-0.05, 0) is 37.2 Å². The Balaban J connectivity index is 1.96. The predicted molar refractivity (Wildman–Crippen MR) is 87.3 cm³/mol. The highest BCUT2D eigenvalue weighted by atomic mass is 35.5. The summed E-state index contributed by atoms with van der Waals surface area (Å²) < 4.78 is 0. The molecule has 0 bridgehead atoms. The van der Waals surface area contributed by atoms with Crippen molar-refractivity contribution < 1.29 is 0 Å². The van der Waals surface area contributed by atoms with Gasteiger partial charge in [-0.2, -0.15) is 0 Å². The summed E-state index contributed by atoms with van der Waals surface area (Å²) in [7, 11) is 0. The number of nitrogens with one attached hydrogen (secondary N) is 1. The van der Waals surface area contributed by atoms with E-state index in [4.69, 9.17) is 11.6 Å². The van der Waals surface area contributed by atoms with Gasteiger partial charge in [0.05, 0.1) is 5.69 Å². The minimum Gasteiger partial charge on any atom is -0.309 e. The van der Waals surface area contributed by atoms with E-state index in [1.807, 2.05) is 24.4 Å². The average Bonchev–Trinajstić information content (AvgIpc) is 2.47. The van der Waals surface area contributed by atoms with Crippen molar-refractivity contribution in [2.24, 2.45) is 0 Å². The van der Waals surface area contributed by atoms with E-state index < -0.39 is 0 Å². The summed E-state index contributed by atoms with van der Waals surface area (Å²) in [5.41, 5.74) is 2.23. The largest absolute Gasteiger partial charge is 0.309 e. The number of hydrogen-bond donors (Lipinski definition) is 1. The SMILES string of the molecule is CCNC(C)c1ccc(SCc2ccccc2Cl)cn1. The lowest BCUT2D eigenvalue weighted by atomic mass is 10.2. The Hall–Kier alpha value is -1.03. The maximum Gasteiger partial charge on any atom is 0.0571 e. The zero-order valence-electron chi connectivity index (χ0n) is 11.8. The minimum absolute atomic E-state index is 0.294. The van der Waals surface area contributed by atoms with Crippen molar-refractivity contribution in [2.45, 2.75) is 30.5 Å². The van der Waals surface area contributed by atoms with E-state index in [0.29, 0.717) is 6.04 Å². The Morgan fingerprint density at radius 2 is 2.05 bits per heavy atom. The molecule has 0 spiro atoms. The number of hydrogen-bond acceptors (Lipinski definition) is 3. The molecule has 2 rings (SSSR count). The molecule has 0 saturated carbocycles. The summed E-state index contributed by atoms with van der Waals surface area (Å²) in [6, 6.07) is 12.5. The minimum atomic E-state index is 0.294. The van der Waals surface area contributed by atoms with E-state index in [0.717, 1.165) is 33.5 Å². The summed E-state index contributed by atoms with van der Waals surface area (Å²) in [4.78, 5) is 5.68. The zero-order valence-corrected chi connectivity index (χ0v) is 13.3. The Morgan fingerprint density at radius 1 is 1.25 bits per heavy atom. The first-order chi connectivity index (χ1) is 9.70. The molecule has 0 aliphatic heterocycles. The summed E-state index contributed by atoms with van der Waals surface area (Å²) >= 11 is 7.91.